The molecule has 0 bridgehead atoms. The SMILES string of the molecule is NNc1cc(-c2ccccc2)nc(CCOCC(F)F)n1. The molecule has 1 aromatic heterocycles. The maximum absolute atomic E-state index is 12.0. The minimum Gasteiger partial charge on any atom is -0.375 e. The topological polar surface area (TPSA) is 73.1 Å². The monoisotopic (exact) mass is 294 g/mol. The van der Waals surface area contributed by atoms with Crippen LogP contribution in [0, 0.1) is 0 Å². The van der Waals surface area contributed by atoms with Crippen LogP contribution in [-0.4, -0.2) is 29.6 Å². The summed E-state index contributed by atoms with van der Waals surface area (Å²) >= 11 is 0. The lowest BCUT2D eigenvalue weighted by Crippen LogP contribution is -2.13. The van der Waals surface area contributed by atoms with Gasteiger partial charge in [-0.25, -0.2) is 24.6 Å². The van der Waals surface area contributed by atoms with Gasteiger partial charge >= 0.3 is 0 Å². The zero-order valence-corrected chi connectivity index (χ0v) is 11.3. The van der Waals surface area contributed by atoms with Crippen LogP contribution in [0.2, 0.25) is 0 Å². The van der Waals surface area contributed by atoms with Gasteiger partial charge in [-0.3, -0.25) is 0 Å². The van der Waals surface area contributed by atoms with Crippen LogP contribution >= 0.6 is 0 Å². The molecule has 0 spiro atoms. The summed E-state index contributed by atoms with van der Waals surface area (Å²) in [5, 5.41) is 0. The summed E-state index contributed by atoms with van der Waals surface area (Å²) in [7, 11) is 0. The maximum atomic E-state index is 12.0. The molecule has 0 amide bonds. The molecule has 2 rings (SSSR count). The number of nitrogens with one attached hydrogen (secondary N) is 1. The fourth-order valence-corrected chi connectivity index (χ4v) is 1.78. The van der Waals surface area contributed by atoms with Crippen molar-refractivity contribution < 1.29 is 13.5 Å². The Kier molecular flexibility index (Phi) is 5.53. The number of nitrogens with two attached hydrogens (primary N) is 1. The Bertz CT molecular complexity index is 566. The number of nitrogen functional groups attached to an aromatic ring is 1. The Morgan fingerprint density at radius 2 is 1.95 bits per heavy atom. The Labute approximate surface area is 121 Å². The van der Waals surface area contributed by atoms with Crippen molar-refractivity contribution in [1.29, 1.82) is 0 Å². The van der Waals surface area contributed by atoms with Gasteiger partial charge in [0.15, 0.2) is 0 Å². The van der Waals surface area contributed by atoms with Gasteiger partial charge in [0.2, 0.25) is 0 Å². The molecule has 7 heteroatoms. The second kappa shape index (κ2) is 7.61. The molecule has 21 heavy (non-hydrogen) atoms. The number of hydrazine groups is 1. The van der Waals surface area contributed by atoms with Gasteiger partial charge in [-0.15, -0.1) is 0 Å². The van der Waals surface area contributed by atoms with E-state index in [9.17, 15) is 8.78 Å². The zero-order valence-electron chi connectivity index (χ0n) is 11.3. The van der Waals surface area contributed by atoms with E-state index < -0.39 is 13.0 Å². The predicted molar refractivity (Wildman–Crippen MR) is 75.8 cm³/mol. The van der Waals surface area contributed by atoms with E-state index in [1.807, 2.05) is 30.3 Å². The van der Waals surface area contributed by atoms with Crippen LogP contribution in [-0.2, 0) is 11.2 Å². The van der Waals surface area contributed by atoms with Gasteiger partial charge in [-0.05, 0) is 0 Å². The number of benzene rings is 1. The molecule has 0 atom stereocenters. The first-order valence-electron chi connectivity index (χ1n) is 6.45. The number of halogens is 2. The molecule has 2 aromatic rings. The zero-order chi connectivity index (χ0) is 15.1. The van der Waals surface area contributed by atoms with Crippen molar-refractivity contribution in [3.8, 4) is 11.3 Å². The Morgan fingerprint density at radius 1 is 1.19 bits per heavy atom. The highest BCUT2D eigenvalue weighted by atomic mass is 19.3. The molecular formula is C14H16F2N4O. The van der Waals surface area contributed by atoms with E-state index in [1.54, 1.807) is 6.07 Å². The van der Waals surface area contributed by atoms with Crippen molar-refractivity contribution in [1.82, 2.24) is 9.97 Å². The number of nitrogens with zero attached hydrogens (tertiary/aromatic N) is 2. The molecule has 5 nitrogen and oxygen atoms in total. The standard InChI is InChI=1S/C14H16F2N4O/c15-12(16)9-21-7-6-13-18-11(8-14(19-13)20-17)10-4-2-1-3-5-10/h1-5,8,12H,6-7,9,17H2,(H,18,19,20). The lowest BCUT2D eigenvalue weighted by atomic mass is 10.1. The lowest BCUT2D eigenvalue weighted by molar-refractivity contribution is 0.0183. The first kappa shape index (κ1) is 15.3. The summed E-state index contributed by atoms with van der Waals surface area (Å²) in [6.45, 7) is -0.451. The minimum atomic E-state index is -2.47. The van der Waals surface area contributed by atoms with Crippen LogP contribution in [0.4, 0.5) is 14.6 Å². The molecule has 0 saturated heterocycles. The van der Waals surface area contributed by atoms with Gasteiger partial charge in [-0.1, -0.05) is 30.3 Å². The highest BCUT2D eigenvalue weighted by molar-refractivity contribution is 5.62. The molecule has 0 aliphatic carbocycles. The Balaban J connectivity index is 2.11. The molecule has 0 saturated carbocycles. The van der Waals surface area contributed by atoms with Gasteiger partial charge in [0.1, 0.15) is 18.2 Å². The van der Waals surface area contributed by atoms with Gasteiger partial charge < -0.3 is 10.2 Å². The second-order valence-electron chi connectivity index (χ2n) is 4.28. The number of aromatic nitrogens is 2. The molecule has 3 N–H and O–H groups in total. The molecule has 0 radical (unpaired) electrons. The molecule has 112 valence electrons. The van der Waals surface area contributed by atoms with Crippen molar-refractivity contribution >= 4 is 5.82 Å². The highest BCUT2D eigenvalue weighted by Gasteiger charge is 2.07. The number of hydrogen-bond acceptors (Lipinski definition) is 5. The number of alkyl halides is 2. The smallest absolute Gasteiger partial charge is 0.261 e. The fourth-order valence-electron chi connectivity index (χ4n) is 1.78. The molecule has 0 aliphatic rings. The lowest BCUT2D eigenvalue weighted by Gasteiger charge is -2.08. The Morgan fingerprint density at radius 3 is 2.62 bits per heavy atom. The van der Waals surface area contributed by atoms with E-state index in [-0.39, 0.29) is 6.61 Å². The third kappa shape index (κ3) is 4.73. The third-order valence-corrected chi connectivity index (χ3v) is 2.70. The van der Waals surface area contributed by atoms with E-state index in [1.165, 1.54) is 0 Å². The van der Waals surface area contributed by atoms with Crippen LogP contribution < -0.4 is 11.3 Å². The summed E-state index contributed by atoms with van der Waals surface area (Å²) in [5.41, 5.74) is 4.11. The predicted octanol–water partition coefficient (Wildman–Crippen LogP) is 2.25. The van der Waals surface area contributed by atoms with Crippen LogP contribution in [0.25, 0.3) is 11.3 Å². The van der Waals surface area contributed by atoms with E-state index in [2.05, 4.69) is 15.4 Å². The van der Waals surface area contributed by atoms with E-state index in [0.717, 1.165) is 5.56 Å². The summed E-state index contributed by atoms with van der Waals surface area (Å²) in [5.74, 6) is 6.34. The molecule has 1 aromatic carbocycles. The van der Waals surface area contributed by atoms with Crippen molar-refractivity contribution in [2.45, 2.75) is 12.8 Å². The average molecular weight is 294 g/mol. The largest absolute Gasteiger partial charge is 0.375 e. The van der Waals surface area contributed by atoms with Crippen molar-refractivity contribution in [3.05, 3.63) is 42.2 Å². The fraction of sp³-hybridized carbons (Fsp3) is 0.286. The van der Waals surface area contributed by atoms with Gasteiger partial charge in [-0.2, -0.15) is 0 Å². The third-order valence-electron chi connectivity index (χ3n) is 2.70. The normalized spacial score (nSPS) is 10.9. The quantitative estimate of drug-likeness (QED) is 0.465. The van der Waals surface area contributed by atoms with Gasteiger partial charge in [0.05, 0.1) is 12.3 Å². The molecule has 1 heterocycles. The summed E-state index contributed by atoms with van der Waals surface area (Å²) in [6.07, 6.45) is -2.13. The molecule has 0 fully saturated rings. The van der Waals surface area contributed by atoms with Crippen LogP contribution in [0.5, 0.6) is 0 Å². The van der Waals surface area contributed by atoms with Crippen molar-refractivity contribution in [2.75, 3.05) is 18.6 Å². The number of ether oxygens (including phenoxy) is 1. The second-order valence-corrected chi connectivity index (χ2v) is 4.28. The highest BCUT2D eigenvalue weighted by Crippen LogP contribution is 2.19. The minimum absolute atomic E-state index is 0.132. The number of hydrogen-bond donors (Lipinski definition) is 2. The van der Waals surface area contributed by atoms with Crippen LogP contribution in [0.1, 0.15) is 5.82 Å². The van der Waals surface area contributed by atoms with Gasteiger partial charge in [0.25, 0.3) is 6.43 Å². The maximum Gasteiger partial charge on any atom is 0.261 e. The Hall–Kier alpha value is -2.12. The van der Waals surface area contributed by atoms with E-state index >= 15 is 0 Å². The van der Waals surface area contributed by atoms with Crippen molar-refractivity contribution in [2.24, 2.45) is 5.84 Å². The number of anilines is 1. The number of rotatable bonds is 7. The van der Waals surface area contributed by atoms with E-state index in [4.69, 9.17) is 10.6 Å². The van der Waals surface area contributed by atoms with Crippen molar-refractivity contribution in [3.63, 3.8) is 0 Å². The summed E-state index contributed by atoms with van der Waals surface area (Å²) in [6, 6.07) is 11.3. The summed E-state index contributed by atoms with van der Waals surface area (Å²) < 4.78 is 28.8. The first-order chi connectivity index (χ1) is 10.2. The molecule has 0 aliphatic heterocycles. The molecular weight excluding hydrogens is 278 g/mol. The van der Waals surface area contributed by atoms with E-state index in [0.29, 0.717) is 23.8 Å². The first-order valence-corrected chi connectivity index (χ1v) is 6.45. The molecule has 0 unspecified atom stereocenters. The van der Waals surface area contributed by atoms with Gasteiger partial charge in [0, 0.05) is 18.1 Å². The average Bonchev–Trinajstić information content (AvgIpc) is 2.52. The van der Waals surface area contributed by atoms with Crippen LogP contribution in [0.3, 0.4) is 0 Å². The van der Waals surface area contributed by atoms with Crippen LogP contribution in [0.15, 0.2) is 36.4 Å². The summed E-state index contributed by atoms with van der Waals surface area (Å²) in [4.78, 5) is 8.57.